The molecule has 0 aliphatic rings. The fourth-order valence-electron chi connectivity index (χ4n) is 3.48. The first-order chi connectivity index (χ1) is 17.7. The smallest absolute Gasteiger partial charge is 0.338 e. The average molecular weight is 543 g/mol. The highest BCUT2D eigenvalue weighted by Gasteiger charge is 2.27. The van der Waals surface area contributed by atoms with Crippen LogP contribution >= 0.6 is 11.8 Å². The first-order valence-corrected chi connectivity index (χ1v) is 14.3. The molecule has 0 bridgehead atoms. The summed E-state index contributed by atoms with van der Waals surface area (Å²) in [5.41, 5.74) is 1.70. The van der Waals surface area contributed by atoms with Gasteiger partial charge in [-0.3, -0.25) is 9.10 Å². The lowest BCUT2D eigenvalue weighted by Crippen LogP contribution is -2.38. The minimum atomic E-state index is -4.08. The largest absolute Gasteiger partial charge is 0.494 e. The Morgan fingerprint density at radius 3 is 2.22 bits per heavy atom. The van der Waals surface area contributed by atoms with Gasteiger partial charge in [0.1, 0.15) is 12.3 Å². The fraction of sp³-hybridized carbons (Fsp3) is 0.259. The summed E-state index contributed by atoms with van der Waals surface area (Å²) in [7, 11) is -4.08. The Morgan fingerprint density at radius 2 is 1.62 bits per heavy atom. The second kappa shape index (κ2) is 12.6. The van der Waals surface area contributed by atoms with Crippen LogP contribution < -0.4 is 14.4 Å². The van der Waals surface area contributed by atoms with Crippen molar-refractivity contribution in [2.45, 2.75) is 30.6 Å². The summed E-state index contributed by atoms with van der Waals surface area (Å²) in [6.07, 6.45) is 1.90. The summed E-state index contributed by atoms with van der Waals surface area (Å²) >= 11 is 1.50. The second-order valence-corrected chi connectivity index (χ2v) is 10.7. The van der Waals surface area contributed by atoms with Gasteiger partial charge in [0.25, 0.3) is 10.0 Å². The van der Waals surface area contributed by atoms with Gasteiger partial charge < -0.3 is 14.8 Å². The van der Waals surface area contributed by atoms with Crippen LogP contribution in [-0.4, -0.2) is 46.3 Å². The molecule has 0 unspecified atom stereocenters. The zero-order valence-electron chi connectivity index (χ0n) is 21.2. The SMILES string of the molecule is CCOC(=O)c1ccc(C)c(NC(=O)CN(c2ccc(OCC)cc2)S(=O)(=O)c2ccc(SC)cc2)c1. The molecular weight excluding hydrogens is 512 g/mol. The third-order valence-electron chi connectivity index (χ3n) is 5.39. The lowest BCUT2D eigenvalue weighted by atomic mass is 10.1. The van der Waals surface area contributed by atoms with Crippen LogP contribution in [0.5, 0.6) is 5.75 Å². The Labute approximate surface area is 222 Å². The van der Waals surface area contributed by atoms with Crippen LogP contribution in [0, 0.1) is 6.92 Å². The average Bonchev–Trinajstić information content (AvgIpc) is 2.89. The lowest BCUT2D eigenvalue weighted by Gasteiger charge is -2.24. The van der Waals surface area contributed by atoms with Gasteiger partial charge in [-0.05, 0) is 93.3 Å². The fourth-order valence-corrected chi connectivity index (χ4v) is 5.31. The third kappa shape index (κ3) is 7.05. The van der Waals surface area contributed by atoms with E-state index in [4.69, 9.17) is 9.47 Å². The summed E-state index contributed by atoms with van der Waals surface area (Å²) in [4.78, 5) is 26.3. The van der Waals surface area contributed by atoms with Gasteiger partial charge in [0.15, 0.2) is 0 Å². The molecule has 0 saturated carbocycles. The van der Waals surface area contributed by atoms with Crippen molar-refractivity contribution in [2.24, 2.45) is 0 Å². The summed E-state index contributed by atoms with van der Waals surface area (Å²) in [5.74, 6) is -0.489. The topological polar surface area (TPSA) is 102 Å². The van der Waals surface area contributed by atoms with Gasteiger partial charge in [-0.25, -0.2) is 13.2 Å². The van der Waals surface area contributed by atoms with E-state index in [1.54, 1.807) is 62.4 Å². The maximum absolute atomic E-state index is 13.7. The summed E-state index contributed by atoms with van der Waals surface area (Å²) in [6, 6.07) is 17.8. The van der Waals surface area contributed by atoms with Gasteiger partial charge in [-0.15, -0.1) is 11.8 Å². The summed E-state index contributed by atoms with van der Waals surface area (Å²) in [5, 5.41) is 2.74. The Morgan fingerprint density at radius 1 is 0.946 bits per heavy atom. The lowest BCUT2D eigenvalue weighted by molar-refractivity contribution is -0.114. The summed E-state index contributed by atoms with van der Waals surface area (Å²) < 4.78 is 38.9. The van der Waals surface area contributed by atoms with E-state index >= 15 is 0 Å². The number of amides is 1. The molecule has 3 aromatic carbocycles. The maximum atomic E-state index is 13.7. The highest BCUT2D eigenvalue weighted by atomic mass is 32.2. The Bertz CT molecular complexity index is 1340. The van der Waals surface area contributed by atoms with E-state index in [0.717, 1.165) is 9.20 Å². The Kier molecular flexibility index (Phi) is 9.60. The molecule has 0 saturated heterocycles. The number of ether oxygens (including phenoxy) is 2. The molecule has 0 spiro atoms. The number of hydrogen-bond donors (Lipinski definition) is 1. The van der Waals surface area contributed by atoms with Gasteiger partial charge >= 0.3 is 5.97 Å². The minimum absolute atomic E-state index is 0.0625. The van der Waals surface area contributed by atoms with Gasteiger partial charge in [-0.1, -0.05) is 6.07 Å². The number of nitrogens with zero attached hydrogens (tertiary/aromatic N) is 1. The molecule has 1 N–H and O–H groups in total. The molecule has 0 aromatic heterocycles. The van der Waals surface area contributed by atoms with E-state index in [1.165, 1.54) is 30.0 Å². The van der Waals surface area contributed by atoms with Gasteiger partial charge in [0, 0.05) is 10.6 Å². The van der Waals surface area contributed by atoms with Gasteiger partial charge in [-0.2, -0.15) is 0 Å². The molecule has 196 valence electrons. The van der Waals surface area contributed by atoms with Crippen molar-refractivity contribution in [3.05, 3.63) is 77.9 Å². The molecule has 3 aromatic rings. The number of carbonyl (C=O) groups excluding carboxylic acids is 2. The van der Waals surface area contributed by atoms with Crippen LogP contribution in [0.3, 0.4) is 0 Å². The first kappa shape index (κ1) is 28.1. The molecule has 0 aliphatic heterocycles. The van der Waals surface area contributed by atoms with E-state index in [9.17, 15) is 18.0 Å². The van der Waals surface area contributed by atoms with Gasteiger partial charge in [0.05, 0.1) is 29.4 Å². The number of rotatable bonds is 11. The predicted octanol–water partition coefficient (Wildman–Crippen LogP) is 5.13. The molecule has 0 heterocycles. The number of carbonyl (C=O) groups is 2. The number of benzene rings is 3. The number of aryl methyl sites for hydroxylation is 1. The molecule has 3 rings (SSSR count). The number of anilines is 2. The molecule has 0 fully saturated rings. The van der Waals surface area contributed by atoms with Crippen LogP contribution in [-0.2, 0) is 19.6 Å². The van der Waals surface area contributed by atoms with E-state index in [1.807, 2.05) is 13.2 Å². The number of thioether (sulfide) groups is 1. The van der Waals surface area contributed by atoms with Crippen molar-refractivity contribution >= 4 is 45.0 Å². The van der Waals surface area contributed by atoms with Crippen LogP contribution in [0.2, 0.25) is 0 Å². The normalized spacial score (nSPS) is 11.0. The molecule has 8 nitrogen and oxygen atoms in total. The van der Waals surface area contributed by atoms with Crippen LogP contribution in [0.25, 0.3) is 0 Å². The number of hydrogen-bond acceptors (Lipinski definition) is 7. The highest BCUT2D eigenvalue weighted by molar-refractivity contribution is 7.98. The molecule has 37 heavy (non-hydrogen) atoms. The van der Waals surface area contributed by atoms with Crippen molar-refractivity contribution in [1.29, 1.82) is 0 Å². The van der Waals surface area contributed by atoms with Crippen LogP contribution in [0.15, 0.2) is 76.5 Å². The molecule has 0 radical (unpaired) electrons. The van der Waals surface area contributed by atoms with Gasteiger partial charge in [0.2, 0.25) is 5.91 Å². The van der Waals surface area contributed by atoms with Crippen molar-refractivity contribution < 1.29 is 27.5 Å². The molecule has 0 aliphatic carbocycles. The third-order valence-corrected chi connectivity index (χ3v) is 7.92. The minimum Gasteiger partial charge on any atom is -0.494 e. The highest BCUT2D eigenvalue weighted by Crippen LogP contribution is 2.27. The van der Waals surface area contributed by atoms with Crippen molar-refractivity contribution in [3.8, 4) is 5.75 Å². The number of esters is 1. The predicted molar refractivity (Wildman–Crippen MR) is 146 cm³/mol. The monoisotopic (exact) mass is 542 g/mol. The number of nitrogens with one attached hydrogen (secondary N) is 1. The van der Waals surface area contributed by atoms with Crippen LogP contribution in [0.1, 0.15) is 29.8 Å². The van der Waals surface area contributed by atoms with E-state index < -0.39 is 28.4 Å². The van der Waals surface area contributed by atoms with Crippen molar-refractivity contribution in [1.82, 2.24) is 0 Å². The molecule has 1 amide bonds. The van der Waals surface area contributed by atoms with E-state index in [2.05, 4.69) is 5.32 Å². The zero-order valence-corrected chi connectivity index (χ0v) is 22.8. The molecular formula is C27H30N2O6S2. The van der Waals surface area contributed by atoms with E-state index in [-0.39, 0.29) is 17.1 Å². The zero-order chi connectivity index (χ0) is 27.0. The second-order valence-electron chi connectivity index (χ2n) is 7.91. The Balaban J connectivity index is 1.93. The summed E-state index contributed by atoms with van der Waals surface area (Å²) in [6.45, 7) is 5.55. The first-order valence-electron chi connectivity index (χ1n) is 11.7. The maximum Gasteiger partial charge on any atom is 0.338 e. The quantitative estimate of drug-likeness (QED) is 0.265. The van der Waals surface area contributed by atoms with Crippen LogP contribution in [0.4, 0.5) is 11.4 Å². The Hall–Kier alpha value is -3.50. The standard InChI is InChI=1S/C27H30N2O6S2/c1-5-34-22-11-9-21(10-12-22)29(37(32,33)24-15-13-23(36-4)14-16-24)18-26(30)28-25-17-20(8-7-19(25)3)27(31)35-6-2/h7-17H,5-6,18H2,1-4H3,(H,28,30). The van der Waals surface area contributed by atoms with Crippen molar-refractivity contribution in [2.75, 3.05) is 35.6 Å². The number of sulfonamides is 1. The molecule has 0 atom stereocenters. The van der Waals surface area contributed by atoms with E-state index in [0.29, 0.717) is 29.3 Å². The van der Waals surface area contributed by atoms with Crippen molar-refractivity contribution in [3.63, 3.8) is 0 Å². The molecule has 10 heteroatoms.